The zero-order valence-electron chi connectivity index (χ0n) is 23.1. The zero-order valence-corrected chi connectivity index (χ0v) is 23.1. The number of nitrogens with zero attached hydrogens (tertiary/aromatic N) is 1. The van der Waals surface area contributed by atoms with Gasteiger partial charge >= 0.3 is 5.97 Å². The summed E-state index contributed by atoms with van der Waals surface area (Å²) in [6.45, 7) is 10.2. The summed E-state index contributed by atoms with van der Waals surface area (Å²) in [5.74, 6) is -1.22. The van der Waals surface area contributed by atoms with E-state index in [4.69, 9.17) is 14.2 Å². The predicted octanol–water partition coefficient (Wildman–Crippen LogP) is 6.21. The summed E-state index contributed by atoms with van der Waals surface area (Å²) in [5.41, 5.74) is 4.32. The van der Waals surface area contributed by atoms with Gasteiger partial charge in [0.15, 0.2) is 5.79 Å². The zero-order chi connectivity index (χ0) is 27.6. The van der Waals surface area contributed by atoms with Gasteiger partial charge in [-0.1, -0.05) is 42.5 Å². The normalized spacial score (nSPS) is 16.8. The van der Waals surface area contributed by atoms with Gasteiger partial charge in [0.1, 0.15) is 5.60 Å². The largest absolute Gasteiger partial charge is 0.456 e. The molecule has 2 heterocycles. The van der Waals surface area contributed by atoms with Gasteiger partial charge in [-0.05, 0) is 68.7 Å². The fourth-order valence-corrected chi connectivity index (χ4v) is 5.10. The van der Waals surface area contributed by atoms with Crippen molar-refractivity contribution < 1.29 is 23.8 Å². The Morgan fingerprint density at radius 1 is 0.872 bits per heavy atom. The van der Waals surface area contributed by atoms with E-state index in [9.17, 15) is 9.59 Å². The highest BCUT2D eigenvalue weighted by Gasteiger charge is 2.40. The molecular formula is C32H36N2O5. The molecule has 39 heavy (non-hydrogen) atoms. The van der Waals surface area contributed by atoms with Crippen LogP contribution in [0.25, 0.3) is 11.1 Å². The van der Waals surface area contributed by atoms with Crippen LogP contribution in [-0.2, 0) is 14.2 Å². The van der Waals surface area contributed by atoms with Gasteiger partial charge in [0.25, 0.3) is 5.91 Å². The Balaban J connectivity index is 1.41. The molecule has 2 fully saturated rings. The van der Waals surface area contributed by atoms with Gasteiger partial charge in [0.05, 0.1) is 24.5 Å². The topological polar surface area (TPSA) is 77.1 Å². The van der Waals surface area contributed by atoms with E-state index >= 15 is 0 Å². The summed E-state index contributed by atoms with van der Waals surface area (Å²) < 4.78 is 17.4. The fourth-order valence-electron chi connectivity index (χ4n) is 5.10. The van der Waals surface area contributed by atoms with Crippen molar-refractivity contribution in [1.29, 1.82) is 0 Å². The van der Waals surface area contributed by atoms with Crippen molar-refractivity contribution in [1.82, 2.24) is 0 Å². The minimum atomic E-state index is -0.664. The standard InChI is InChI=1S/C32H36N2O5/c1-22-10-12-25(34-16-14-32(15-17-34)37-18-19-38-32)21-27(22)29(35)33-28-20-24(23-8-6-5-7-9-23)11-13-26(28)30(36)39-31(2,3)4/h5-13,20-21H,14-19H2,1-4H3,(H,33,35). The summed E-state index contributed by atoms with van der Waals surface area (Å²) in [4.78, 5) is 29.0. The number of rotatable bonds is 5. The van der Waals surface area contributed by atoms with E-state index in [1.165, 1.54) is 0 Å². The number of ether oxygens (including phenoxy) is 3. The smallest absolute Gasteiger partial charge is 0.340 e. The van der Waals surface area contributed by atoms with Gasteiger partial charge in [-0.15, -0.1) is 0 Å². The number of nitrogens with one attached hydrogen (secondary N) is 1. The SMILES string of the molecule is Cc1ccc(N2CCC3(CC2)OCCO3)cc1C(=O)Nc1cc(-c2ccccc2)ccc1C(=O)OC(C)(C)C. The van der Waals surface area contributed by atoms with Crippen LogP contribution in [-0.4, -0.2) is 49.6 Å². The summed E-state index contributed by atoms with van der Waals surface area (Å²) in [6, 6.07) is 21.2. The first-order valence-electron chi connectivity index (χ1n) is 13.5. The number of carbonyl (C=O) groups is 2. The van der Waals surface area contributed by atoms with Gasteiger partial charge in [0.2, 0.25) is 0 Å². The molecule has 7 nitrogen and oxygen atoms in total. The van der Waals surface area contributed by atoms with Crippen molar-refractivity contribution in [2.75, 3.05) is 36.5 Å². The number of hydrogen-bond donors (Lipinski definition) is 1. The molecule has 0 atom stereocenters. The third-order valence-corrected chi connectivity index (χ3v) is 7.16. The van der Waals surface area contributed by atoms with Crippen LogP contribution < -0.4 is 10.2 Å². The Morgan fingerprint density at radius 3 is 2.23 bits per heavy atom. The van der Waals surface area contributed by atoms with Crippen LogP contribution >= 0.6 is 0 Å². The number of amides is 1. The monoisotopic (exact) mass is 528 g/mol. The summed E-state index contributed by atoms with van der Waals surface area (Å²) in [5, 5.41) is 3.02. The first-order chi connectivity index (χ1) is 18.6. The van der Waals surface area contributed by atoms with E-state index in [0.29, 0.717) is 30.0 Å². The second kappa shape index (κ2) is 10.8. The second-order valence-corrected chi connectivity index (χ2v) is 11.2. The van der Waals surface area contributed by atoms with E-state index < -0.39 is 17.4 Å². The molecular weight excluding hydrogens is 492 g/mol. The molecule has 2 aliphatic heterocycles. The quantitative estimate of drug-likeness (QED) is 0.397. The van der Waals surface area contributed by atoms with Crippen molar-refractivity contribution in [2.24, 2.45) is 0 Å². The lowest BCUT2D eigenvalue weighted by Gasteiger charge is -2.38. The lowest BCUT2D eigenvalue weighted by Crippen LogP contribution is -2.45. The molecule has 1 N–H and O–H groups in total. The van der Waals surface area contributed by atoms with Gasteiger partial charge in [-0.3, -0.25) is 4.79 Å². The number of aryl methyl sites for hydroxylation is 1. The van der Waals surface area contributed by atoms with Crippen LogP contribution in [0.5, 0.6) is 0 Å². The first-order valence-corrected chi connectivity index (χ1v) is 13.5. The van der Waals surface area contributed by atoms with Crippen molar-refractivity contribution in [2.45, 2.75) is 51.9 Å². The maximum absolute atomic E-state index is 13.7. The highest BCUT2D eigenvalue weighted by molar-refractivity contribution is 6.09. The Hall–Kier alpha value is -3.68. The van der Waals surface area contributed by atoms with Crippen molar-refractivity contribution in [3.05, 3.63) is 83.4 Å². The Morgan fingerprint density at radius 2 is 1.56 bits per heavy atom. The third-order valence-electron chi connectivity index (χ3n) is 7.16. The van der Waals surface area contributed by atoms with E-state index in [0.717, 1.165) is 48.3 Å². The maximum atomic E-state index is 13.7. The second-order valence-electron chi connectivity index (χ2n) is 11.2. The molecule has 1 spiro atoms. The summed E-state index contributed by atoms with van der Waals surface area (Å²) in [6.07, 6.45) is 1.57. The molecule has 2 saturated heterocycles. The minimum Gasteiger partial charge on any atom is -0.456 e. The highest BCUT2D eigenvalue weighted by Crippen LogP contribution is 2.34. The molecule has 3 aromatic carbocycles. The molecule has 1 amide bonds. The van der Waals surface area contributed by atoms with Crippen LogP contribution in [0.15, 0.2) is 66.7 Å². The van der Waals surface area contributed by atoms with Crippen molar-refractivity contribution >= 4 is 23.3 Å². The molecule has 7 heteroatoms. The average molecular weight is 529 g/mol. The van der Waals surface area contributed by atoms with Gasteiger partial charge in [0, 0.05) is 37.2 Å². The van der Waals surface area contributed by atoms with E-state index in [1.54, 1.807) is 6.07 Å². The van der Waals surface area contributed by atoms with Crippen LogP contribution in [0.1, 0.15) is 59.9 Å². The molecule has 5 rings (SSSR count). The Kier molecular flexibility index (Phi) is 7.47. The molecule has 0 saturated carbocycles. The molecule has 0 unspecified atom stereocenters. The van der Waals surface area contributed by atoms with E-state index in [2.05, 4.69) is 10.2 Å². The van der Waals surface area contributed by atoms with Crippen LogP contribution in [0, 0.1) is 6.92 Å². The summed E-state index contributed by atoms with van der Waals surface area (Å²) in [7, 11) is 0. The van der Waals surface area contributed by atoms with Crippen LogP contribution in [0.4, 0.5) is 11.4 Å². The van der Waals surface area contributed by atoms with Crippen LogP contribution in [0.2, 0.25) is 0 Å². The fraction of sp³-hybridized carbons (Fsp3) is 0.375. The number of esters is 1. The van der Waals surface area contributed by atoms with Gasteiger partial charge < -0.3 is 24.4 Å². The lowest BCUT2D eigenvalue weighted by molar-refractivity contribution is -0.169. The average Bonchev–Trinajstić information content (AvgIpc) is 3.36. The van der Waals surface area contributed by atoms with Crippen LogP contribution in [0.3, 0.4) is 0 Å². The predicted molar refractivity (Wildman–Crippen MR) is 152 cm³/mol. The number of benzene rings is 3. The number of anilines is 2. The maximum Gasteiger partial charge on any atom is 0.340 e. The Labute approximate surface area is 230 Å². The summed E-state index contributed by atoms with van der Waals surface area (Å²) >= 11 is 0. The molecule has 0 bridgehead atoms. The molecule has 0 aromatic heterocycles. The minimum absolute atomic E-state index is 0.277. The molecule has 204 valence electrons. The van der Waals surface area contributed by atoms with Crippen molar-refractivity contribution in [3.8, 4) is 11.1 Å². The lowest BCUT2D eigenvalue weighted by atomic mass is 10.0. The molecule has 0 aliphatic carbocycles. The molecule has 2 aliphatic rings. The first kappa shape index (κ1) is 26.9. The number of piperidine rings is 1. The van der Waals surface area contributed by atoms with E-state index in [1.807, 2.05) is 88.4 Å². The number of carbonyl (C=O) groups excluding carboxylic acids is 2. The van der Waals surface area contributed by atoms with Crippen molar-refractivity contribution in [3.63, 3.8) is 0 Å². The molecule has 0 radical (unpaired) electrons. The van der Waals surface area contributed by atoms with Gasteiger partial charge in [-0.2, -0.15) is 0 Å². The Bertz CT molecular complexity index is 1350. The molecule has 3 aromatic rings. The van der Waals surface area contributed by atoms with Gasteiger partial charge in [-0.25, -0.2) is 4.79 Å². The number of hydrogen-bond acceptors (Lipinski definition) is 6. The third kappa shape index (κ3) is 6.15. The van der Waals surface area contributed by atoms with E-state index in [-0.39, 0.29) is 5.91 Å². The highest BCUT2D eigenvalue weighted by atomic mass is 16.7.